The standard InChI is InChI=1S/C13H17N3O3/c17-11(18)9-16-8-7-14-12(13(16)19)15-10-5-3-1-2-4-6-10/h3,5,7-8,10H,1-2,4,6,9H2,(H,14,15)(H,17,18). The molecule has 0 saturated heterocycles. The van der Waals surface area contributed by atoms with Crippen LogP contribution in [0.1, 0.15) is 25.7 Å². The second-order valence-corrected chi connectivity index (χ2v) is 4.57. The molecule has 1 heterocycles. The van der Waals surface area contributed by atoms with E-state index in [0.29, 0.717) is 0 Å². The predicted octanol–water partition coefficient (Wildman–Crippen LogP) is 1.24. The molecule has 0 saturated carbocycles. The van der Waals surface area contributed by atoms with Crippen LogP contribution in [0.4, 0.5) is 5.82 Å². The molecule has 0 fully saturated rings. The number of aliphatic carboxylic acids is 1. The zero-order chi connectivity index (χ0) is 13.7. The number of hydrogen-bond donors (Lipinski definition) is 2. The van der Waals surface area contributed by atoms with Gasteiger partial charge in [0.2, 0.25) is 0 Å². The third-order valence-corrected chi connectivity index (χ3v) is 3.05. The number of nitrogens with one attached hydrogen (secondary N) is 1. The van der Waals surface area contributed by atoms with Crippen LogP contribution in [0.25, 0.3) is 0 Å². The van der Waals surface area contributed by atoms with E-state index >= 15 is 0 Å². The normalized spacial score (nSPS) is 18.8. The summed E-state index contributed by atoms with van der Waals surface area (Å²) in [7, 11) is 0. The molecular weight excluding hydrogens is 246 g/mol. The van der Waals surface area contributed by atoms with E-state index in [9.17, 15) is 9.59 Å². The lowest BCUT2D eigenvalue weighted by atomic mass is 10.1. The summed E-state index contributed by atoms with van der Waals surface area (Å²) in [5.41, 5.74) is -0.400. The van der Waals surface area contributed by atoms with Crippen molar-refractivity contribution in [3.63, 3.8) is 0 Å². The van der Waals surface area contributed by atoms with Gasteiger partial charge in [0.1, 0.15) is 6.54 Å². The van der Waals surface area contributed by atoms with Gasteiger partial charge in [0.25, 0.3) is 5.56 Å². The Labute approximate surface area is 110 Å². The average Bonchev–Trinajstić information content (AvgIpc) is 2.62. The van der Waals surface area contributed by atoms with Crippen molar-refractivity contribution >= 4 is 11.8 Å². The molecule has 0 aliphatic heterocycles. The van der Waals surface area contributed by atoms with Gasteiger partial charge in [0.05, 0.1) is 0 Å². The van der Waals surface area contributed by atoms with Crippen molar-refractivity contribution in [3.05, 3.63) is 34.9 Å². The summed E-state index contributed by atoms with van der Waals surface area (Å²) in [5.74, 6) is -0.839. The van der Waals surface area contributed by atoms with Crippen LogP contribution in [-0.4, -0.2) is 26.7 Å². The highest BCUT2D eigenvalue weighted by Crippen LogP contribution is 2.13. The van der Waals surface area contributed by atoms with E-state index in [1.54, 1.807) is 0 Å². The lowest BCUT2D eigenvalue weighted by Crippen LogP contribution is -2.29. The lowest BCUT2D eigenvalue weighted by Gasteiger charge is -2.14. The van der Waals surface area contributed by atoms with Crippen LogP contribution >= 0.6 is 0 Å². The van der Waals surface area contributed by atoms with Gasteiger partial charge in [-0.3, -0.25) is 14.2 Å². The van der Waals surface area contributed by atoms with Crippen molar-refractivity contribution in [1.82, 2.24) is 9.55 Å². The summed E-state index contributed by atoms with van der Waals surface area (Å²) in [6.07, 6.45) is 11.2. The van der Waals surface area contributed by atoms with Crippen molar-refractivity contribution in [3.8, 4) is 0 Å². The first-order valence-electron chi connectivity index (χ1n) is 6.37. The molecule has 2 rings (SSSR count). The molecule has 0 bridgehead atoms. The van der Waals surface area contributed by atoms with Crippen LogP contribution in [-0.2, 0) is 11.3 Å². The summed E-state index contributed by atoms with van der Waals surface area (Å²) in [4.78, 5) is 26.7. The molecule has 1 aliphatic carbocycles. The molecule has 6 nitrogen and oxygen atoms in total. The number of aromatic nitrogens is 2. The maximum absolute atomic E-state index is 12.0. The summed E-state index contributed by atoms with van der Waals surface area (Å²) in [6.45, 7) is -0.351. The summed E-state index contributed by atoms with van der Waals surface area (Å²) in [5, 5.41) is 11.8. The topological polar surface area (TPSA) is 84.2 Å². The second kappa shape index (κ2) is 6.17. The second-order valence-electron chi connectivity index (χ2n) is 4.57. The Bertz CT molecular complexity index is 536. The third kappa shape index (κ3) is 3.67. The van der Waals surface area contributed by atoms with Gasteiger partial charge in [0.15, 0.2) is 5.82 Å². The lowest BCUT2D eigenvalue weighted by molar-refractivity contribution is -0.137. The fraction of sp³-hybridized carbons (Fsp3) is 0.462. The van der Waals surface area contributed by atoms with Crippen LogP contribution in [0.15, 0.2) is 29.3 Å². The largest absolute Gasteiger partial charge is 0.480 e. The van der Waals surface area contributed by atoms with Crippen molar-refractivity contribution in [1.29, 1.82) is 0 Å². The Morgan fingerprint density at radius 2 is 2.37 bits per heavy atom. The minimum Gasteiger partial charge on any atom is -0.480 e. The first-order valence-corrected chi connectivity index (χ1v) is 6.37. The van der Waals surface area contributed by atoms with Crippen LogP contribution < -0.4 is 10.9 Å². The summed E-state index contributed by atoms with van der Waals surface area (Å²) >= 11 is 0. The quantitative estimate of drug-likeness (QED) is 0.798. The number of hydrogen-bond acceptors (Lipinski definition) is 4. The molecule has 6 heteroatoms. The fourth-order valence-corrected chi connectivity index (χ4v) is 2.10. The third-order valence-electron chi connectivity index (χ3n) is 3.05. The highest BCUT2D eigenvalue weighted by molar-refractivity contribution is 5.66. The van der Waals surface area contributed by atoms with Gasteiger partial charge in [-0.05, 0) is 19.3 Å². The number of carboxylic acid groups (broad SMARTS) is 1. The Morgan fingerprint density at radius 3 is 3.16 bits per heavy atom. The minimum absolute atomic E-state index is 0.0865. The number of carbonyl (C=O) groups is 1. The number of carboxylic acids is 1. The molecule has 1 aliphatic rings. The van der Waals surface area contributed by atoms with Crippen LogP contribution in [0, 0.1) is 0 Å². The molecule has 1 atom stereocenters. The number of anilines is 1. The molecule has 1 aromatic heterocycles. The van der Waals surface area contributed by atoms with Gasteiger partial charge in [-0.2, -0.15) is 0 Å². The maximum atomic E-state index is 12.0. The number of nitrogens with zero attached hydrogens (tertiary/aromatic N) is 2. The molecular formula is C13H17N3O3. The van der Waals surface area contributed by atoms with Gasteiger partial charge < -0.3 is 10.4 Å². The highest BCUT2D eigenvalue weighted by atomic mass is 16.4. The summed E-state index contributed by atoms with van der Waals surface area (Å²) < 4.78 is 1.14. The van der Waals surface area contributed by atoms with E-state index in [0.717, 1.165) is 30.3 Å². The van der Waals surface area contributed by atoms with Crippen molar-refractivity contribution < 1.29 is 9.90 Å². The molecule has 0 radical (unpaired) electrons. The highest BCUT2D eigenvalue weighted by Gasteiger charge is 2.12. The SMILES string of the molecule is O=C(O)Cn1ccnc(NC2C=CCCCC2)c1=O. The van der Waals surface area contributed by atoms with E-state index in [-0.39, 0.29) is 18.4 Å². The maximum Gasteiger partial charge on any atom is 0.323 e. The molecule has 1 aromatic rings. The Hall–Kier alpha value is -2.11. The van der Waals surface area contributed by atoms with Gasteiger partial charge in [-0.15, -0.1) is 0 Å². The van der Waals surface area contributed by atoms with Crippen LogP contribution in [0.2, 0.25) is 0 Å². The van der Waals surface area contributed by atoms with Gasteiger partial charge in [-0.1, -0.05) is 18.6 Å². The Balaban J connectivity index is 2.15. The number of allylic oxidation sites excluding steroid dienone is 1. The molecule has 19 heavy (non-hydrogen) atoms. The van der Waals surface area contributed by atoms with Crippen molar-refractivity contribution in [2.24, 2.45) is 0 Å². The average molecular weight is 263 g/mol. The smallest absolute Gasteiger partial charge is 0.323 e. The van der Waals surface area contributed by atoms with E-state index in [1.165, 1.54) is 12.4 Å². The molecule has 2 N–H and O–H groups in total. The monoisotopic (exact) mass is 263 g/mol. The van der Waals surface area contributed by atoms with Crippen LogP contribution in [0.5, 0.6) is 0 Å². The van der Waals surface area contributed by atoms with Gasteiger partial charge >= 0.3 is 5.97 Å². The molecule has 0 spiro atoms. The van der Waals surface area contributed by atoms with Crippen molar-refractivity contribution in [2.75, 3.05) is 5.32 Å². The molecule has 0 aromatic carbocycles. The first-order chi connectivity index (χ1) is 9.16. The fourth-order valence-electron chi connectivity index (χ4n) is 2.10. The van der Waals surface area contributed by atoms with E-state index in [4.69, 9.17) is 5.11 Å². The molecule has 0 amide bonds. The van der Waals surface area contributed by atoms with Gasteiger partial charge in [-0.25, -0.2) is 4.98 Å². The Morgan fingerprint density at radius 1 is 1.53 bits per heavy atom. The van der Waals surface area contributed by atoms with E-state index in [1.807, 2.05) is 6.08 Å². The predicted molar refractivity (Wildman–Crippen MR) is 71.2 cm³/mol. The summed E-state index contributed by atoms with van der Waals surface area (Å²) in [6, 6.07) is 0.0865. The van der Waals surface area contributed by atoms with Gasteiger partial charge in [0, 0.05) is 18.4 Å². The zero-order valence-corrected chi connectivity index (χ0v) is 10.6. The van der Waals surface area contributed by atoms with Crippen LogP contribution in [0.3, 0.4) is 0 Å². The Kier molecular flexibility index (Phi) is 4.33. The van der Waals surface area contributed by atoms with Crippen molar-refractivity contribution in [2.45, 2.75) is 38.3 Å². The first kappa shape index (κ1) is 13.3. The zero-order valence-electron chi connectivity index (χ0n) is 10.6. The number of rotatable bonds is 4. The van der Waals surface area contributed by atoms with E-state index < -0.39 is 11.5 Å². The molecule has 1 unspecified atom stereocenters. The molecule has 102 valence electrons. The van der Waals surface area contributed by atoms with E-state index in [2.05, 4.69) is 16.4 Å². The minimum atomic E-state index is -1.05.